The van der Waals surface area contributed by atoms with Gasteiger partial charge in [0.05, 0.1) is 18.6 Å². The van der Waals surface area contributed by atoms with Crippen LogP contribution < -0.4 is 10.1 Å². The predicted molar refractivity (Wildman–Crippen MR) is 72.1 cm³/mol. The van der Waals surface area contributed by atoms with Crippen molar-refractivity contribution < 1.29 is 9.15 Å². The first-order valence-electron chi connectivity index (χ1n) is 5.93. The van der Waals surface area contributed by atoms with Gasteiger partial charge in [0.15, 0.2) is 0 Å². The standard InChI is InChI=1S/C14H16ClNO2/c1-2-16-14(11-6-7-17-9-11)10-18-13-5-3-4-12(15)8-13/h3-9,14,16H,2,10H2,1H3. The van der Waals surface area contributed by atoms with Crippen molar-refractivity contribution in [1.82, 2.24) is 5.32 Å². The van der Waals surface area contributed by atoms with Gasteiger partial charge in [0.25, 0.3) is 0 Å². The minimum atomic E-state index is 0.118. The first kappa shape index (κ1) is 13.0. The SMILES string of the molecule is CCNC(COc1cccc(Cl)c1)c1ccoc1. The summed E-state index contributed by atoms with van der Waals surface area (Å²) in [6.45, 7) is 3.47. The van der Waals surface area contributed by atoms with Crippen LogP contribution in [0, 0.1) is 0 Å². The molecule has 0 fully saturated rings. The highest BCUT2D eigenvalue weighted by Crippen LogP contribution is 2.20. The van der Waals surface area contributed by atoms with Crippen LogP contribution in [-0.4, -0.2) is 13.2 Å². The van der Waals surface area contributed by atoms with Crippen molar-refractivity contribution in [2.45, 2.75) is 13.0 Å². The van der Waals surface area contributed by atoms with Gasteiger partial charge < -0.3 is 14.5 Å². The number of hydrogen-bond acceptors (Lipinski definition) is 3. The molecule has 1 atom stereocenters. The van der Waals surface area contributed by atoms with Crippen molar-refractivity contribution in [3.05, 3.63) is 53.4 Å². The molecular weight excluding hydrogens is 250 g/mol. The van der Waals surface area contributed by atoms with E-state index < -0.39 is 0 Å². The molecule has 18 heavy (non-hydrogen) atoms. The molecule has 0 saturated heterocycles. The van der Waals surface area contributed by atoms with Crippen LogP contribution >= 0.6 is 11.6 Å². The van der Waals surface area contributed by atoms with E-state index in [2.05, 4.69) is 12.2 Å². The second-order valence-corrected chi connectivity index (χ2v) is 4.37. The number of benzene rings is 1. The average molecular weight is 266 g/mol. The Morgan fingerprint density at radius 3 is 2.94 bits per heavy atom. The van der Waals surface area contributed by atoms with Crippen molar-refractivity contribution in [1.29, 1.82) is 0 Å². The predicted octanol–water partition coefficient (Wildman–Crippen LogP) is 3.66. The Kier molecular flexibility index (Phi) is 4.67. The molecule has 1 heterocycles. The monoisotopic (exact) mass is 265 g/mol. The fraction of sp³-hybridized carbons (Fsp3) is 0.286. The number of nitrogens with one attached hydrogen (secondary N) is 1. The minimum absolute atomic E-state index is 0.118. The summed E-state index contributed by atoms with van der Waals surface area (Å²) in [6, 6.07) is 9.45. The van der Waals surface area contributed by atoms with E-state index in [1.807, 2.05) is 24.3 Å². The smallest absolute Gasteiger partial charge is 0.120 e. The van der Waals surface area contributed by atoms with E-state index in [0.29, 0.717) is 11.6 Å². The number of furan rings is 1. The van der Waals surface area contributed by atoms with Gasteiger partial charge in [-0.3, -0.25) is 0 Å². The van der Waals surface area contributed by atoms with E-state index in [-0.39, 0.29) is 6.04 Å². The molecule has 0 bridgehead atoms. The lowest BCUT2D eigenvalue weighted by Gasteiger charge is -2.17. The van der Waals surface area contributed by atoms with Crippen LogP contribution in [0.3, 0.4) is 0 Å². The Bertz CT molecular complexity index is 470. The summed E-state index contributed by atoms with van der Waals surface area (Å²) in [6.07, 6.45) is 3.40. The number of ether oxygens (including phenoxy) is 1. The van der Waals surface area contributed by atoms with E-state index in [1.54, 1.807) is 18.6 Å². The third kappa shape index (κ3) is 3.52. The third-order valence-electron chi connectivity index (χ3n) is 2.61. The molecule has 0 spiro atoms. The fourth-order valence-electron chi connectivity index (χ4n) is 1.73. The van der Waals surface area contributed by atoms with Gasteiger partial charge in [-0.25, -0.2) is 0 Å². The van der Waals surface area contributed by atoms with Crippen LogP contribution in [0.1, 0.15) is 18.5 Å². The lowest BCUT2D eigenvalue weighted by atomic mass is 10.1. The molecule has 3 nitrogen and oxygen atoms in total. The van der Waals surface area contributed by atoms with Crippen molar-refractivity contribution in [2.75, 3.05) is 13.2 Å². The van der Waals surface area contributed by atoms with Crippen molar-refractivity contribution >= 4 is 11.6 Å². The molecule has 4 heteroatoms. The van der Waals surface area contributed by atoms with Crippen LogP contribution in [-0.2, 0) is 0 Å². The van der Waals surface area contributed by atoms with Gasteiger partial charge >= 0.3 is 0 Å². The molecule has 96 valence electrons. The van der Waals surface area contributed by atoms with Gasteiger partial charge in [-0.1, -0.05) is 24.6 Å². The molecule has 1 unspecified atom stereocenters. The largest absolute Gasteiger partial charge is 0.492 e. The van der Waals surface area contributed by atoms with E-state index in [0.717, 1.165) is 17.9 Å². The minimum Gasteiger partial charge on any atom is -0.492 e. The average Bonchev–Trinajstić information content (AvgIpc) is 2.88. The maximum atomic E-state index is 5.91. The van der Waals surface area contributed by atoms with Crippen molar-refractivity contribution in [3.63, 3.8) is 0 Å². The molecule has 0 aliphatic carbocycles. The highest BCUT2D eigenvalue weighted by atomic mass is 35.5. The van der Waals surface area contributed by atoms with Gasteiger partial charge in [0, 0.05) is 10.6 Å². The molecular formula is C14H16ClNO2. The molecule has 0 radical (unpaired) electrons. The highest BCUT2D eigenvalue weighted by Gasteiger charge is 2.12. The Morgan fingerprint density at radius 1 is 1.39 bits per heavy atom. The van der Waals surface area contributed by atoms with Crippen molar-refractivity contribution in [3.8, 4) is 5.75 Å². The second kappa shape index (κ2) is 6.47. The third-order valence-corrected chi connectivity index (χ3v) is 2.84. The van der Waals surface area contributed by atoms with Gasteiger partial charge in [0.2, 0.25) is 0 Å². The summed E-state index contributed by atoms with van der Waals surface area (Å²) in [4.78, 5) is 0. The maximum absolute atomic E-state index is 5.91. The molecule has 0 aliphatic heterocycles. The number of hydrogen-bond donors (Lipinski definition) is 1. The Balaban J connectivity index is 1.98. The van der Waals surface area contributed by atoms with Crippen LogP contribution in [0.15, 0.2) is 47.3 Å². The molecule has 0 saturated carbocycles. The number of halogens is 1. The fourth-order valence-corrected chi connectivity index (χ4v) is 1.91. The first-order valence-corrected chi connectivity index (χ1v) is 6.31. The van der Waals surface area contributed by atoms with Gasteiger partial charge in [0.1, 0.15) is 12.4 Å². The molecule has 2 rings (SSSR count). The summed E-state index contributed by atoms with van der Waals surface area (Å²) < 4.78 is 10.8. The van der Waals surface area contributed by atoms with Crippen molar-refractivity contribution in [2.24, 2.45) is 0 Å². The summed E-state index contributed by atoms with van der Waals surface area (Å²) in [5, 5.41) is 4.03. The molecule has 0 aliphatic rings. The lowest BCUT2D eigenvalue weighted by molar-refractivity contribution is 0.267. The second-order valence-electron chi connectivity index (χ2n) is 3.94. The molecule has 1 N–H and O–H groups in total. The maximum Gasteiger partial charge on any atom is 0.120 e. The number of rotatable bonds is 6. The highest BCUT2D eigenvalue weighted by molar-refractivity contribution is 6.30. The Labute approximate surface area is 112 Å². The van der Waals surface area contributed by atoms with Crippen LogP contribution in [0.25, 0.3) is 0 Å². The Hall–Kier alpha value is -1.45. The Morgan fingerprint density at radius 2 is 2.28 bits per heavy atom. The molecule has 2 aromatic rings. The summed E-state index contributed by atoms with van der Waals surface area (Å²) in [7, 11) is 0. The van der Waals surface area contributed by atoms with E-state index in [4.69, 9.17) is 20.8 Å². The van der Waals surface area contributed by atoms with Crippen LogP contribution in [0.5, 0.6) is 5.75 Å². The van der Waals surface area contributed by atoms with E-state index in [1.165, 1.54) is 0 Å². The molecule has 1 aromatic carbocycles. The van der Waals surface area contributed by atoms with Gasteiger partial charge in [-0.2, -0.15) is 0 Å². The normalized spacial score (nSPS) is 12.3. The van der Waals surface area contributed by atoms with Crippen LogP contribution in [0.2, 0.25) is 5.02 Å². The van der Waals surface area contributed by atoms with E-state index in [9.17, 15) is 0 Å². The summed E-state index contributed by atoms with van der Waals surface area (Å²) in [5.74, 6) is 0.772. The summed E-state index contributed by atoms with van der Waals surface area (Å²) >= 11 is 5.91. The molecule has 0 amide bonds. The zero-order chi connectivity index (χ0) is 12.8. The van der Waals surface area contributed by atoms with E-state index >= 15 is 0 Å². The number of likely N-dealkylation sites (N-methyl/N-ethyl adjacent to an activating group) is 1. The quantitative estimate of drug-likeness (QED) is 0.866. The zero-order valence-corrected chi connectivity index (χ0v) is 11.0. The zero-order valence-electron chi connectivity index (χ0n) is 10.2. The van der Waals surface area contributed by atoms with Gasteiger partial charge in [-0.05, 0) is 30.8 Å². The molecule has 1 aromatic heterocycles. The summed E-state index contributed by atoms with van der Waals surface area (Å²) in [5.41, 5.74) is 1.08. The lowest BCUT2D eigenvalue weighted by Crippen LogP contribution is -2.26. The van der Waals surface area contributed by atoms with Crippen LogP contribution in [0.4, 0.5) is 0 Å². The van der Waals surface area contributed by atoms with Gasteiger partial charge in [-0.15, -0.1) is 0 Å². The topological polar surface area (TPSA) is 34.4 Å². The first-order chi connectivity index (χ1) is 8.79.